The van der Waals surface area contributed by atoms with Gasteiger partial charge in [-0.15, -0.1) is 23.2 Å². The maximum atomic E-state index is 12.3. The van der Waals surface area contributed by atoms with Crippen LogP contribution in [-0.2, 0) is 16.0 Å². The van der Waals surface area contributed by atoms with Gasteiger partial charge in [0.25, 0.3) is 0 Å². The van der Waals surface area contributed by atoms with Crippen molar-refractivity contribution in [1.29, 1.82) is 0 Å². The van der Waals surface area contributed by atoms with Crippen molar-refractivity contribution in [2.24, 2.45) is 5.41 Å². The lowest BCUT2D eigenvalue weighted by molar-refractivity contribution is -0.137. The van der Waals surface area contributed by atoms with Gasteiger partial charge in [0.05, 0.1) is 6.42 Å². The predicted octanol–water partition coefficient (Wildman–Crippen LogP) is 5.61. The molecule has 8 heteroatoms. The summed E-state index contributed by atoms with van der Waals surface area (Å²) in [6.45, 7) is 12.9. The van der Waals surface area contributed by atoms with Gasteiger partial charge in [0, 0.05) is 36.6 Å². The first-order chi connectivity index (χ1) is 14.8. The van der Waals surface area contributed by atoms with E-state index in [0.717, 1.165) is 16.8 Å². The van der Waals surface area contributed by atoms with Gasteiger partial charge in [-0.1, -0.05) is 31.5 Å². The summed E-state index contributed by atoms with van der Waals surface area (Å²) >= 11 is 12.0. The second-order valence-corrected chi connectivity index (χ2v) is 10.7. The molecule has 182 valence electrons. The van der Waals surface area contributed by atoms with Crippen molar-refractivity contribution in [1.82, 2.24) is 5.32 Å². The summed E-state index contributed by atoms with van der Waals surface area (Å²) in [4.78, 5) is 25.9. The van der Waals surface area contributed by atoms with Crippen LogP contribution < -0.4 is 10.2 Å². The van der Waals surface area contributed by atoms with Crippen molar-refractivity contribution in [3.63, 3.8) is 0 Å². The van der Waals surface area contributed by atoms with E-state index in [4.69, 9.17) is 27.9 Å². The number of amides is 1. The molecule has 0 aliphatic rings. The first-order valence-corrected chi connectivity index (χ1v) is 12.0. The number of alkyl halides is 2. The number of hydrogen-bond donors (Lipinski definition) is 2. The van der Waals surface area contributed by atoms with Crippen LogP contribution in [0.25, 0.3) is 0 Å². The molecule has 0 radical (unpaired) electrons. The molecule has 0 unspecified atom stereocenters. The molecule has 0 saturated heterocycles. The van der Waals surface area contributed by atoms with E-state index in [1.165, 1.54) is 0 Å². The van der Waals surface area contributed by atoms with E-state index in [9.17, 15) is 14.7 Å². The molecule has 1 atom stereocenters. The van der Waals surface area contributed by atoms with E-state index < -0.39 is 23.7 Å². The first-order valence-electron chi connectivity index (χ1n) is 10.9. The Balaban J connectivity index is 3.09. The van der Waals surface area contributed by atoms with E-state index in [1.54, 1.807) is 20.8 Å². The summed E-state index contributed by atoms with van der Waals surface area (Å²) in [5.74, 6) is 0.0239. The molecule has 1 rings (SSSR count). The molecule has 0 aliphatic carbocycles. The minimum absolute atomic E-state index is 0.173. The molecule has 0 aliphatic heterocycles. The van der Waals surface area contributed by atoms with Gasteiger partial charge in [-0.3, -0.25) is 4.79 Å². The third-order valence-electron chi connectivity index (χ3n) is 4.89. The van der Waals surface area contributed by atoms with Crippen LogP contribution in [0.5, 0.6) is 0 Å². The highest BCUT2D eigenvalue weighted by Crippen LogP contribution is 2.33. The van der Waals surface area contributed by atoms with Crippen LogP contribution in [0.15, 0.2) is 18.2 Å². The number of nitrogens with one attached hydrogen (secondary N) is 1. The van der Waals surface area contributed by atoms with Crippen LogP contribution in [0.3, 0.4) is 0 Å². The van der Waals surface area contributed by atoms with Crippen molar-refractivity contribution < 1.29 is 19.4 Å². The number of hydrogen-bond acceptors (Lipinski definition) is 4. The van der Waals surface area contributed by atoms with E-state index >= 15 is 0 Å². The number of halogens is 2. The molecule has 32 heavy (non-hydrogen) atoms. The van der Waals surface area contributed by atoms with Crippen LogP contribution in [-0.4, -0.2) is 53.7 Å². The molecule has 2 N–H and O–H groups in total. The smallest absolute Gasteiger partial charge is 0.407 e. The van der Waals surface area contributed by atoms with Gasteiger partial charge in [-0.05, 0) is 57.6 Å². The molecule has 6 nitrogen and oxygen atoms in total. The molecule has 0 spiro atoms. The Morgan fingerprint density at radius 3 is 2.22 bits per heavy atom. The predicted molar refractivity (Wildman–Crippen MR) is 132 cm³/mol. The number of carboxylic acids is 1. The first kappa shape index (κ1) is 28.4. The monoisotopic (exact) mass is 488 g/mol. The van der Waals surface area contributed by atoms with Crippen LogP contribution in [0, 0.1) is 12.3 Å². The number of ether oxygens (including phenoxy) is 1. The Bertz CT molecular complexity index is 757. The Morgan fingerprint density at radius 2 is 1.72 bits per heavy atom. The van der Waals surface area contributed by atoms with Crippen molar-refractivity contribution in [2.75, 3.05) is 29.7 Å². The van der Waals surface area contributed by atoms with E-state index in [2.05, 4.69) is 42.3 Å². The second-order valence-electron chi connectivity index (χ2n) is 9.98. The summed E-state index contributed by atoms with van der Waals surface area (Å²) in [5.41, 5.74) is 2.44. The number of benzene rings is 1. The number of carboxylic acid groups (broad SMARTS) is 1. The topological polar surface area (TPSA) is 78.9 Å². The Kier molecular flexibility index (Phi) is 11.1. The molecule has 1 amide bonds. The zero-order chi connectivity index (χ0) is 24.5. The van der Waals surface area contributed by atoms with Crippen LogP contribution >= 0.6 is 23.2 Å². The van der Waals surface area contributed by atoms with Crippen molar-refractivity contribution in [2.45, 2.75) is 72.4 Å². The number of carbonyl (C=O) groups is 2. The number of rotatable bonds is 12. The van der Waals surface area contributed by atoms with Gasteiger partial charge < -0.3 is 20.1 Å². The highest BCUT2D eigenvalue weighted by molar-refractivity contribution is 6.18. The van der Waals surface area contributed by atoms with Crippen LogP contribution in [0.2, 0.25) is 0 Å². The third kappa shape index (κ3) is 10.8. The lowest BCUT2D eigenvalue weighted by Gasteiger charge is -2.33. The zero-order valence-corrected chi connectivity index (χ0v) is 21.6. The maximum Gasteiger partial charge on any atom is 0.407 e. The Labute approximate surface area is 202 Å². The lowest BCUT2D eigenvalue weighted by Crippen LogP contribution is -2.42. The average Bonchev–Trinajstić information content (AvgIpc) is 2.58. The molecule has 0 aromatic heterocycles. The maximum absolute atomic E-state index is 12.3. The fourth-order valence-electron chi connectivity index (χ4n) is 3.84. The summed E-state index contributed by atoms with van der Waals surface area (Å²) in [6.07, 6.45) is 0.411. The number of aliphatic carboxylic acids is 1. The summed E-state index contributed by atoms with van der Waals surface area (Å²) in [7, 11) is 0. The lowest BCUT2D eigenvalue weighted by atomic mass is 9.78. The highest BCUT2D eigenvalue weighted by Gasteiger charge is 2.29. The molecule has 1 aromatic carbocycles. The van der Waals surface area contributed by atoms with Gasteiger partial charge in [-0.25, -0.2) is 4.79 Å². The standard InChI is InChI=1S/C24H38Cl2N2O4/c1-17-7-8-20(28(11-9-25)12-10-26)18(13-17)15-24(5,6)16-19(14-21(29)30)27-22(31)32-23(2,3)4/h7-8,13,19H,9-12,14-16H2,1-6H3,(H,27,31)(H,29,30)/t19-/m1/s1. The quantitative estimate of drug-likeness (QED) is 0.374. The summed E-state index contributed by atoms with van der Waals surface area (Å²) in [5, 5.41) is 12.1. The zero-order valence-electron chi connectivity index (χ0n) is 20.1. The normalized spacial score (nSPS) is 12.9. The van der Waals surface area contributed by atoms with Crippen LogP contribution in [0.4, 0.5) is 10.5 Å². The van der Waals surface area contributed by atoms with Gasteiger partial charge in [-0.2, -0.15) is 0 Å². The number of alkyl carbamates (subject to hydrolysis) is 1. The van der Waals surface area contributed by atoms with E-state index in [0.29, 0.717) is 37.7 Å². The van der Waals surface area contributed by atoms with E-state index in [1.807, 2.05) is 6.92 Å². The number of nitrogens with zero attached hydrogens (tertiary/aromatic N) is 1. The van der Waals surface area contributed by atoms with Gasteiger partial charge in [0.1, 0.15) is 5.60 Å². The Morgan fingerprint density at radius 1 is 1.12 bits per heavy atom. The second kappa shape index (κ2) is 12.5. The van der Waals surface area contributed by atoms with Crippen molar-refractivity contribution >= 4 is 41.0 Å². The minimum atomic E-state index is -0.964. The molecule has 0 bridgehead atoms. The molecule has 0 saturated carbocycles. The average molecular weight is 489 g/mol. The summed E-state index contributed by atoms with van der Waals surface area (Å²) < 4.78 is 5.33. The van der Waals surface area contributed by atoms with Crippen molar-refractivity contribution in [3.05, 3.63) is 29.3 Å². The molecule has 1 aromatic rings. The molecule has 0 fully saturated rings. The third-order valence-corrected chi connectivity index (χ3v) is 5.23. The fraction of sp³-hybridized carbons (Fsp3) is 0.667. The molecular formula is C24H38Cl2N2O4. The number of carbonyl (C=O) groups excluding carboxylic acids is 1. The van der Waals surface area contributed by atoms with E-state index in [-0.39, 0.29) is 11.8 Å². The summed E-state index contributed by atoms with van der Waals surface area (Å²) in [6, 6.07) is 5.76. The SMILES string of the molecule is Cc1ccc(N(CCCl)CCCl)c(CC(C)(C)C[C@@H](CC(=O)O)NC(=O)OC(C)(C)C)c1. The van der Waals surface area contributed by atoms with Crippen LogP contribution in [0.1, 0.15) is 58.6 Å². The van der Waals surface area contributed by atoms with Crippen molar-refractivity contribution in [3.8, 4) is 0 Å². The van der Waals surface area contributed by atoms with Gasteiger partial charge in [0.15, 0.2) is 0 Å². The number of aryl methyl sites for hydroxylation is 1. The largest absolute Gasteiger partial charge is 0.481 e. The molecular weight excluding hydrogens is 451 g/mol. The number of anilines is 1. The van der Waals surface area contributed by atoms with Gasteiger partial charge in [0.2, 0.25) is 0 Å². The highest BCUT2D eigenvalue weighted by atomic mass is 35.5. The van der Waals surface area contributed by atoms with Gasteiger partial charge >= 0.3 is 12.1 Å². The Hall–Kier alpha value is -1.66. The fourth-order valence-corrected chi connectivity index (χ4v) is 4.24. The minimum Gasteiger partial charge on any atom is -0.481 e. The molecule has 0 heterocycles.